The third-order valence-corrected chi connectivity index (χ3v) is 4.93. The Hall–Kier alpha value is 0.790. The van der Waals surface area contributed by atoms with Crippen LogP contribution in [0.4, 0.5) is 0 Å². The molecule has 1 unspecified atom stereocenters. The van der Waals surface area contributed by atoms with E-state index in [-0.39, 0.29) is 0 Å². The molecular formula is C7H16Te. The van der Waals surface area contributed by atoms with E-state index in [9.17, 15) is 0 Å². The fraction of sp³-hybridized carbons (Fsp3) is 1.00. The van der Waals surface area contributed by atoms with Crippen LogP contribution in [0.5, 0.6) is 0 Å². The van der Waals surface area contributed by atoms with Gasteiger partial charge in [0, 0.05) is 0 Å². The normalized spacial score (nSPS) is 13.9. The topological polar surface area (TPSA) is 0 Å². The Kier molecular flexibility index (Phi) is 6.50. The monoisotopic (exact) mass is 230 g/mol. The Labute approximate surface area is 63.1 Å². The Morgan fingerprint density at radius 1 is 1.38 bits per heavy atom. The SMILES string of the molecule is CCCC(CC)[Te]C. The van der Waals surface area contributed by atoms with Crippen LogP contribution in [0.25, 0.3) is 0 Å². The number of rotatable bonds is 4. The van der Waals surface area contributed by atoms with Crippen molar-refractivity contribution in [3.05, 3.63) is 0 Å². The maximum absolute atomic E-state index is 2.41. The van der Waals surface area contributed by atoms with Crippen molar-refractivity contribution in [1.29, 1.82) is 0 Å². The molecule has 0 aromatic heterocycles. The summed E-state index contributed by atoms with van der Waals surface area (Å²) in [6.45, 7) is 4.60. The van der Waals surface area contributed by atoms with Gasteiger partial charge >= 0.3 is 63.0 Å². The molecule has 0 aliphatic heterocycles. The molecule has 1 heteroatoms. The van der Waals surface area contributed by atoms with E-state index in [2.05, 4.69) is 18.8 Å². The molecule has 0 N–H and O–H groups in total. The summed E-state index contributed by atoms with van der Waals surface area (Å²) >= 11 is 0.384. The van der Waals surface area contributed by atoms with E-state index < -0.39 is 0 Å². The van der Waals surface area contributed by atoms with Crippen LogP contribution >= 0.6 is 0 Å². The first-order chi connectivity index (χ1) is 3.85. The zero-order valence-electron chi connectivity index (χ0n) is 6.11. The number of hydrogen-bond acceptors (Lipinski definition) is 0. The third kappa shape index (κ3) is 3.75. The van der Waals surface area contributed by atoms with Crippen LogP contribution in [0.15, 0.2) is 0 Å². The predicted molar refractivity (Wildman–Crippen MR) is 40.6 cm³/mol. The van der Waals surface area contributed by atoms with Crippen LogP contribution in [-0.4, -0.2) is 20.9 Å². The van der Waals surface area contributed by atoms with Crippen LogP contribution in [0.3, 0.4) is 0 Å². The summed E-state index contributed by atoms with van der Waals surface area (Å²) in [5.74, 6) is 0. The molecule has 0 spiro atoms. The van der Waals surface area contributed by atoms with Crippen molar-refractivity contribution in [3.63, 3.8) is 0 Å². The second-order valence-electron chi connectivity index (χ2n) is 2.05. The average molecular weight is 228 g/mol. The van der Waals surface area contributed by atoms with Crippen molar-refractivity contribution in [3.8, 4) is 0 Å². The predicted octanol–water partition coefficient (Wildman–Crippen LogP) is 2.74. The van der Waals surface area contributed by atoms with Crippen molar-refractivity contribution >= 4 is 20.9 Å². The molecule has 50 valence electrons. The zero-order chi connectivity index (χ0) is 6.41. The van der Waals surface area contributed by atoms with Gasteiger partial charge < -0.3 is 0 Å². The van der Waals surface area contributed by atoms with Gasteiger partial charge in [0.2, 0.25) is 0 Å². The summed E-state index contributed by atoms with van der Waals surface area (Å²) in [4.78, 5) is 2.41. The zero-order valence-corrected chi connectivity index (χ0v) is 8.44. The van der Waals surface area contributed by atoms with Gasteiger partial charge in [-0.3, -0.25) is 0 Å². The Morgan fingerprint density at radius 3 is 2.12 bits per heavy atom. The molecule has 0 heterocycles. The quantitative estimate of drug-likeness (QED) is 0.648. The van der Waals surface area contributed by atoms with Gasteiger partial charge in [-0.1, -0.05) is 0 Å². The van der Waals surface area contributed by atoms with Crippen molar-refractivity contribution in [2.45, 2.75) is 42.0 Å². The fourth-order valence-electron chi connectivity index (χ4n) is 0.811. The molecule has 1 atom stereocenters. The number of hydrogen-bond donors (Lipinski definition) is 0. The van der Waals surface area contributed by atoms with Gasteiger partial charge in [-0.25, -0.2) is 0 Å². The summed E-state index contributed by atoms with van der Waals surface area (Å²) in [6, 6.07) is 0. The van der Waals surface area contributed by atoms with E-state index in [0.717, 1.165) is 3.97 Å². The van der Waals surface area contributed by atoms with Crippen molar-refractivity contribution in [1.82, 2.24) is 0 Å². The summed E-state index contributed by atoms with van der Waals surface area (Å²) in [6.07, 6.45) is 4.29. The first-order valence-corrected chi connectivity index (χ1v) is 7.05. The maximum atomic E-state index is 2.41. The van der Waals surface area contributed by atoms with Gasteiger partial charge in [0.1, 0.15) is 0 Å². The van der Waals surface area contributed by atoms with E-state index in [1.807, 2.05) is 0 Å². The van der Waals surface area contributed by atoms with Gasteiger partial charge in [0.15, 0.2) is 0 Å². The molecule has 0 saturated heterocycles. The summed E-state index contributed by atoms with van der Waals surface area (Å²) in [7, 11) is 0. The Bertz CT molecular complexity index is 39.7. The van der Waals surface area contributed by atoms with Gasteiger partial charge in [-0.05, 0) is 0 Å². The van der Waals surface area contributed by atoms with Crippen LogP contribution in [0.1, 0.15) is 33.1 Å². The molecule has 0 rings (SSSR count). The Balaban J connectivity index is 3.07. The van der Waals surface area contributed by atoms with E-state index >= 15 is 0 Å². The molecule has 0 amide bonds. The second kappa shape index (κ2) is 5.92. The fourth-order valence-corrected chi connectivity index (χ4v) is 3.11. The molecule has 0 aromatic carbocycles. The molecule has 0 aliphatic rings. The molecule has 0 nitrogen and oxygen atoms in total. The van der Waals surface area contributed by atoms with E-state index in [4.69, 9.17) is 0 Å². The van der Waals surface area contributed by atoms with Crippen LogP contribution in [-0.2, 0) is 0 Å². The molecule has 0 aromatic rings. The van der Waals surface area contributed by atoms with E-state index in [0.29, 0.717) is 20.9 Å². The minimum absolute atomic E-state index is 0.384. The molecule has 8 heavy (non-hydrogen) atoms. The molecule has 0 bridgehead atoms. The van der Waals surface area contributed by atoms with Crippen LogP contribution in [0, 0.1) is 0 Å². The van der Waals surface area contributed by atoms with E-state index in [1.54, 1.807) is 0 Å². The van der Waals surface area contributed by atoms with Crippen molar-refractivity contribution in [2.24, 2.45) is 0 Å². The van der Waals surface area contributed by atoms with Crippen LogP contribution < -0.4 is 0 Å². The minimum atomic E-state index is 0.384. The van der Waals surface area contributed by atoms with Crippen molar-refractivity contribution < 1.29 is 0 Å². The third-order valence-electron chi connectivity index (χ3n) is 1.40. The first kappa shape index (κ1) is 8.79. The first-order valence-electron chi connectivity index (χ1n) is 3.37. The summed E-state index contributed by atoms with van der Waals surface area (Å²) < 4.78 is 1.13. The molecule has 0 fully saturated rings. The van der Waals surface area contributed by atoms with E-state index in [1.165, 1.54) is 19.3 Å². The molecule has 0 radical (unpaired) electrons. The summed E-state index contributed by atoms with van der Waals surface area (Å²) in [5.41, 5.74) is 0. The van der Waals surface area contributed by atoms with Gasteiger partial charge in [-0.15, -0.1) is 0 Å². The standard InChI is InChI=1S/C7H16Te/c1-4-6-7(5-2)8-3/h7H,4-6H2,1-3H3. The molecule has 0 aliphatic carbocycles. The average Bonchev–Trinajstić information content (AvgIpc) is 1.83. The summed E-state index contributed by atoms with van der Waals surface area (Å²) in [5, 5.41) is 0. The Morgan fingerprint density at radius 2 is 2.00 bits per heavy atom. The van der Waals surface area contributed by atoms with Crippen LogP contribution in [0.2, 0.25) is 8.94 Å². The van der Waals surface area contributed by atoms with Gasteiger partial charge in [0.05, 0.1) is 0 Å². The molecule has 0 saturated carbocycles. The van der Waals surface area contributed by atoms with Gasteiger partial charge in [-0.2, -0.15) is 0 Å². The second-order valence-corrected chi connectivity index (χ2v) is 5.30. The van der Waals surface area contributed by atoms with Crippen molar-refractivity contribution in [2.75, 3.05) is 0 Å². The van der Waals surface area contributed by atoms with Gasteiger partial charge in [0.25, 0.3) is 0 Å². The molecular weight excluding hydrogens is 212 g/mol.